The third kappa shape index (κ3) is 1.95. The molecule has 0 amide bonds. The molecule has 0 spiro atoms. The number of rotatable bonds is 1. The van der Waals surface area contributed by atoms with Crippen molar-refractivity contribution in [2.24, 2.45) is 0 Å². The number of nitrogens with zero attached hydrogens (tertiary/aromatic N) is 1. The number of fused-ring (bicyclic) bond motifs is 1. The Labute approximate surface area is 110 Å². The summed E-state index contributed by atoms with van der Waals surface area (Å²) in [4.78, 5) is 5.59. The van der Waals surface area contributed by atoms with Crippen molar-refractivity contribution < 1.29 is 4.42 Å². The maximum atomic E-state index is 5.85. The molecule has 0 atom stereocenters. The molecule has 0 saturated carbocycles. The molecule has 3 aromatic rings. The molecule has 3 rings (SSSR count). The average molecular weight is 257 g/mol. The number of hydrogen-bond donors (Lipinski definition) is 0. The molecule has 2 heterocycles. The first kappa shape index (κ1) is 11.5. The predicted octanol–water partition coefficient (Wildman–Crippen LogP) is 4.85. The SMILES string of the molecule is CC(C)(C)c1ccc2nc(-c3cccs3)oc2c1. The van der Waals surface area contributed by atoms with E-state index in [1.54, 1.807) is 11.3 Å². The second-order valence-electron chi connectivity index (χ2n) is 5.43. The summed E-state index contributed by atoms with van der Waals surface area (Å²) in [6.45, 7) is 6.60. The Morgan fingerprint density at radius 1 is 1.17 bits per heavy atom. The Bertz CT molecular complexity index is 674. The third-order valence-corrected chi connectivity index (χ3v) is 3.84. The van der Waals surface area contributed by atoms with Crippen LogP contribution in [-0.4, -0.2) is 4.98 Å². The van der Waals surface area contributed by atoms with E-state index in [4.69, 9.17) is 4.42 Å². The Morgan fingerprint density at radius 2 is 2.00 bits per heavy atom. The maximum absolute atomic E-state index is 5.85. The molecule has 0 fully saturated rings. The summed E-state index contributed by atoms with van der Waals surface area (Å²) in [6.07, 6.45) is 0. The van der Waals surface area contributed by atoms with Crippen molar-refractivity contribution >= 4 is 22.4 Å². The van der Waals surface area contributed by atoms with Crippen LogP contribution < -0.4 is 0 Å². The molecule has 0 unspecified atom stereocenters. The first-order chi connectivity index (χ1) is 8.54. The number of oxazole rings is 1. The Morgan fingerprint density at radius 3 is 2.67 bits per heavy atom. The zero-order valence-electron chi connectivity index (χ0n) is 10.7. The Kier molecular flexibility index (Phi) is 2.52. The summed E-state index contributed by atoms with van der Waals surface area (Å²) in [5.41, 5.74) is 3.19. The highest BCUT2D eigenvalue weighted by Gasteiger charge is 2.16. The van der Waals surface area contributed by atoms with Gasteiger partial charge >= 0.3 is 0 Å². The van der Waals surface area contributed by atoms with Gasteiger partial charge in [0.25, 0.3) is 0 Å². The van der Waals surface area contributed by atoms with Gasteiger partial charge in [-0.3, -0.25) is 0 Å². The van der Waals surface area contributed by atoms with Crippen LogP contribution >= 0.6 is 11.3 Å². The molecule has 0 aliphatic carbocycles. The van der Waals surface area contributed by atoms with Crippen LogP contribution in [0, 0.1) is 0 Å². The van der Waals surface area contributed by atoms with Crippen molar-refractivity contribution in [3.63, 3.8) is 0 Å². The first-order valence-corrected chi connectivity index (χ1v) is 6.87. The van der Waals surface area contributed by atoms with Gasteiger partial charge in [0.2, 0.25) is 5.89 Å². The number of benzene rings is 1. The molecular formula is C15H15NOS. The van der Waals surface area contributed by atoms with Crippen molar-refractivity contribution in [2.45, 2.75) is 26.2 Å². The van der Waals surface area contributed by atoms with Crippen LogP contribution in [0.2, 0.25) is 0 Å². The molecular weight excluding hydrogens is 242 g/mol. The van der Waals surface area contributed by atoms with Gasteiger partial charge in [0.05, 0.1) is 4.88 Å². The fraction of sp³-hybridized carbons (Fsp3) is 0.267. The summed E-state index contributed by atoms with van der Waals surface area (Å²) in [5, 5.41) is 2.03. The number of hydrogen-bond acceptors (Lipinski definition) is 3. The zero-order valence-corrected chi connectivity index (χ0v) is 11.5. The first-order valence-electron chi connectivity index (χ1n) is 5.99. The van der Waals surface area contributed by atoms with Gasteiger partial charge in [-0.25, -0.2) is 4.98 Å². The second kappa shape index (κ2) is 3.95. The van der Waals surface area contributed by atoms with E-state index in [2.05, 4.69) is 37.9 Å². The minimum Gasteiger partial charge on any atom is -0.435 e. The van der Waals surface area contributed by atoms with Gasteiger partial charge in [-0.05, 0) is 34.6 Å². The third-order valence-electron chi connectivity index (χ3n) is 2.99. The Balaban J connectivity index is 2.13. The van der Waals surface area contributed by atoms with Gasteiger partial charge in [0, 0.05) is 0 Å². The fourth-order valence-corrected chi connectivity index (χ4v) is 2.55. The van der Waals surface area contributed by atoms with Crippen molar-refractivity contribution in [3.8, 4) is 10.8 Å². The highest BCUT2D eigenvalue weighted by atomic mass is 32.1. The topological polar surface area (TPSA) is 26.0 Å². The molecule has 0 saturated heterocycles. The van der Waals surface area contributed by atoms with E-state index in [0.29, 0.717) is 5.89 Å². The monoisotopic (exact) mass is 257 g/mol. The zero-order chi connectivity index (χ0) is 12.8. The van der Waals surface area contributed by atoms with E-state index in [0.717, 1.165) is 16.0 Å². The van der Waals surface area contributed by atoms with E-state index in [9.17, 15) is 0 Å². The van der Waals surface area contributed by atoms with Crippen molar-refractivity contribution in [1.82, 2.24) is 4.98 Å². The predicted molar refractivity (Wildman–Crippen MR) is 76.0 cm³/mol. The van der Waals surface area contributed by atoms with E-state index in [1.807, 2.05) is 23.6 Å². The van der Waals surface area contributed by atoms with Crippen LogP contribution in [-0.2, 0) is 5.41 Å². The normalized spacial score (nSPS) is 12.2. The van der Waals surface area contributed by atoms with Crippen molar-refractivity contribution in [3.05, 3.63) is 41.3 Å². The summed E-state index contributed by atoms with van der Waals surface area (Å²) in [6, 6.07) is 10.3. The molecule has 0 aliphatic rings. The lowest BCUT2D eigenvalue weighted by atomic mass is 9.87. The molecule has 18 heavy (non-hydrogen) atoms. The van der Waals surface area contributed by atoms with E-state index >= 15 is 0 Å². The summed E-state index contributed by atoms with van der Waals surface area (Å²) < 4.78 is 5.85. The van der Waals surface area contributed by atoms with Crippen LogP contribution in [0.25, 0.3) is 21.9 Å². The molecule has 92 valence electrons. The molecule has 0 bridgehead atoms. The standard InChI is InChI=1S/C15H15NOS/c1-15(2,3)10-6-7-11-12(9-10)17-14(16-11)13-5-4-8-18-13/h4-9H,1-3H3. The molecule has 0 radical (unpaired) electrons. The van der Waals surface area contributed by atoms with Crippen LogP contribution in [0.4, 0.5) is 0 Å². The van der Waals surface area contributed by atoms with Crippen LogP contribution in [0.1, 0.15) is 26.3 Å². The lowest BCUT2D eigenvalue weighted by Gasteiger charge is -2.18. The minimum atomic E-state index is 0.129. The molecule has 0 aliphatic heterocycles. The van der Waals surface area contributed by atoms with Crippen LogP contribution in [0.15, 0.2) is 40.1 Å². The lowest BCUT2D eigenvalue weighted by Crippen LogP contribution is -2.10. The van der Waals surface area contributed by atoms with E-state index in [1.165, 1.54) is 5.56 Å². The quantitative estimate of drug-likeness (QED) is 0.622. The largest absolute Gasteiger partial charge is 0.435 e. The highest BCUT2D eigenvalue weighted by Crippen LogP contribution is 2.30. The Hall–Kier alpha value is -1.61. The minimum absolute atomic E-state index is 0.129. The fourth-order valence-electron chi connectivity index (χ4n) is 1.90. The molecule has 2 nitrogen and oxygen atoms in total. The maximum Gasteiger partial charge on any atom is 0.237 e. The molecule has 0 N–H and O–H groups in total. The van der Waals surface area contributed by atoms with Crippen molar-refractivity contribution in [1.29, 1.82) is 0 Å². The highest BCUT2D eigenvalue weighted by molar-refractivity contribution is 7.13. The van der Waals surface area contributed by atoms with Gasteiger partial charge in [-0.2, -0.15) is 0 Å². The van der Waals surface area contributed by atoms with E-state index in [-0.39, 0.29) is 5.41 Å². The van der Waals surface area contributed by atoms with Gasteiger partial charge in [-0.1, -0.05) is 32.9 Å². The van der Waals surface area contributed by atoms with Gasteiger partial charge in [0.15, 0.2) is 5.58 Å². The number of thiophene rings is 1. The van der Waals surface area contributed by atoms with E-state index < -0.39 is 0 Å². The van der Waals surface area contributed by atoms with Gasteiger partial charge in [0.1, 0.15) is 5.52 Å². The van der Waals surface area contributed by atoms with Gasteiger partial charge in [-0.15, -0.1) is 11.3 Å². The van der Waals surface area contributed by atoms with Crippen LogP contribution in [0.3, 0.4) is 0 Å². The van der Waals surface area contributed by atoms with Crippen LogP contribution in [0.5, 0.6) is 0 Å². The molecule has 2 aromatic heterocycles. The average Bonchev–Trinajstić information content (AvgIpc) is 2.95. The summed E-state index contributed by atoms with van der Waals surface area (Å²) in [7, 11) is 0. The molecule has 3 heteroatoms. The molecule has 1 aromatic carbocycles. The van der Waals surface area contributed by atoms with Gasteiger partial charge < -0.3 is 4.42 Å². The summed E-state index contributed by atoms with van der Waals surface area (Å²) in [5.74, 6) is 0.714. The smallest absolute Gasteiger partial charge is 0.237 e. The van der Waals surface area contributed by atoms with Crippen molar-refractivity contribution in [2.75, 3.05) is 0 Å². The second-order valence-corrected chi connectivity index (χ2v) is 6.38. The number of aromatic nitrogens is 1. The summed E-state index contributed by atoms with van der Waals surface area (Å²) >= 11 is 1.64. The lowest BCUT2D eigenvalue weighted by molar-refractivity contribution is 0.584.